The van der Waals surface area contributed by atoms with E-state index in [9.17, 15) is 10.4 Å². The fraction of sp³-hybridized carbons (Fsp3) is 0.667. The van der Waals surface area contributed by atoms with Crippen LogP contribution in [0.25, 0.3) is 0 Å². The van der Waals surface area contributed by atoms with Crippen LogP contribution in [0, 0.1) is 23.2 Å². The number of hydrogen-bond donors (Lipinski definition) is 2. The summed E-state index contributed by atoms with van der Waals surface area (Å²) in [5.41, 5.74) is 2.71. The van der Waals surface area contributed by atoms with Crippen molar-refractivity contribution >= 4 is 11.4 Å². The molecule has 0 spiro atoms. The first kappa shape index (κ1) is 19.6. The number of hydrogen-bond acceptors (Lipinski definition) is 4. The topological polar surface area (TPSA) is 59.3 Å². The molecule has 25 heavy (non-hydrogen) atoms. The molecule has 138 valence electrons. The Morgan fingerprint density at radius 2 is 1.88 bits per heavy atom. The van der Waals surface area contributed by atoms with Crippen molar-refractivity contribution < 1.29 is 5.11 Å². The molecule has 0 radical (unpaired) electrons. The van der Waals surface area contributed by atoms with E-state index in [-0.39, 0.29) is 6.10 Å². The molecule has 0 amide bonds. The van der Waals surface area contributed by atoms with E-state index in [1.807, 2.05) is 12.1 Å². The van der Waals surface area contributed by atoms with Crippen LogP contribution in [-0.4, -0.2) is 30.3 Å². The molecular weight excluding hydrogens is 310 g/mol. The molecule has 2 unspecified atom stereocenters. The fourth-order valence-electron chi connectivity index (χ4n) is 3.95. The van der Waals surface area contributed by atoms with Gasteiger partial charge in [0, 0.05) is 24.8 Å². The van der Waals surface area contributed by atoms with Crippen LogP contribution in [0.15, 0.2) is 18.2 Å². The van der Waals surface area contributed by atoms with Gasteiger partial charge in [-0.15, -0.1) is 0 Å². The third kappa shape index (κ3) is 5.93. The van der Waals surface area contributed by atoms with Gasteiger partial charge in [0.2, 0.25) is 0 Å². The van der Waals surface area contributed by atoms with E-state index in [4.69, 9.17) is 0 Å². The number of benzene rings is 1. The molecule has 0 aliphatic carbocycles. The van der Waals surface area contributed by atoms with Gasteiger partial charge in [0.25, 0.3) is 0 Å². The second kappa shape index (κ2) is 9.10. The smallest absolute Gasteiger partial charge is 0.101 e. The van der Waals surface area contributed by atoms with Gasteiger partial charge in [-0.25, -0.2) is 0 Å². The van der Waals surface area contributed by atoms with Crippen molar-refractivity contribution in [2.75, 3.05) is 23.3 Å². The number of nitrogens with zero attached hydrogens (tertiary/aromatic N) is 2. The summed E-state index contributed by atoms with van der Waals surface area (Å²) >= 11 is 0. The zero-order valence-electron chi connectivity index (χ0n) is 16.1. The fourth-order valence-corrected chi connectivity index (χ4v) is 3.95. The Kier molecular flexibility index (Phi) is 7.13. The van der Waals surface area contributed by atoms with E-state index in [2.05, 4.69) is 50.0 Å². The summed E-state index contributed by atoms with van der Waals surface area (Å²) in [5, 5.41) is 22.8. The lowest BCUT2D eigenvalue weighted by molar-refractivity contribution is 0.145. The Balaban J connectivity index is 2.00. The average molecular weight is 344 g/mol. The molecule has 1 heterocycles. The summed E-state index contributed by atoms with van der Waals surface area (Å²) in [5.74, 6) is 1.42. The van der Waals surface area contributed by atoms with E-state index in [0.717, 1.165) is 49.6 Å². The second-order valence-electron chi connectivity index (χ2n) is 8.08. The molecule has 1 aromatic carbocycles. The molecule has 0 saturated carbocycles. The lowest BCUT2D eigenvalue weighted by Crippen LogP contribution is -2.36. The number of rotatable bonds is 7. The van der Waals surface area contributed by atoms with Gasteiger partial charge in [0.15, 0.2) is 0 Å². The molecule has 4 heteroatoms. The molecule has 0 aromatic heterocycles. The first-order valence-corrected chi connectivity index (χ1v) is 9.62. The summed E-state index contributed by atoms with van der Waals surface area (Å²) in [6.45, 7) is 10.7. The largest absolute Gasteiger partial charge is 0.393 e. The lowest BCUT2D eigenvalue weighted by atomic mass is 9.93. The summed E-state index contributed by atoms with van der Waals surface area (Å²) in [6.07, 6.45) is 3.73. The van der Waals surface area contributed by atoms with Crippen molar-refractivity contribution in [1.82, 2.24) is 0 Å². The maximum atomic E-state index is 9.67. The van der Waals surface area contributed by atoms with Gasteiger partial charge in [-0.05, 0) is 62.6 Å². The Morgan fingerprint density at radius 3 is 2.48 bits per heavy atom. The third-order valence-electron chi connectivity index (χ3n) is 4.96. The predicted octanol–water partition coefficient (Wildman–Crippen LogP) is 4.39. The van der Waals surface area contributed by atoms with Crippen molar-refractivity contribution in [3.63, 3.8) is 0 Å². The number of piperidine rings is 1. The number of aliphatic hydroxyl groups excluding tert-OH is 1. The standard InChI is InChI=1S/C21H33N3O/c1-15(2)11-16(3)12-17(4)23-19-5-6-21(18(13-19)14-22)24-9-7-20(25)8-10-24/h5-6,13,15-17,20,23,25H,7-12H2,1-4H3. The van der Waals surface area contributed by atoms with Crippen LogP contribution in [0.1, 0.15) is 58.9 Å². The molecule has 1 aliphatic rings. The summed E-state index contributed by atoms with van der Waals surface area (Å²) < 4.78 is 0. The van der Waals surface area contributed by atoms with Crippen LogP contribution in [-0.2, 0) is 0 Å². The first-order valence-electron chi connectivity index (χ1n) is 9.62. The van der Waals surface area contributed by atoms with Crippen LogP contribution in [0.2, 0.25) is 0 Å². The quantitative estimate of drug-likeness (QED) is 0.771. The zero-order valence-corrected chi connectivity index (χ0v) is 16.1. The van der Waals surface area contributed by atoms with Crippen molar-refractivity contribution in [1.29, 1.82) is 5.26 Å². The summed E-state index contributed by atoms with van der Waals surface area (Å²) in [4.78, 5) is 2.21. The predicted molar refractivity (Wildman–Crippen MR) is 105 cm³/mol. The van der Waals surface area contributed by atoms with E-state index < -0.39 is 0 Å². The van der Waals surface area contributed by atoms with E-state index in [0.29, 0.717) is 17.5 Å². The monoisotopic (exact) mass is 343 g/mol. The van der Waals surface area contributed by atoms with Gasteiger partial charge in [0.05, 0.1) is 17.4 Å². The Labute approximate surface area is 152 Å². The summed E-state index contributed by atoms with van der Waals surface area (Å²) in [7, 11) is 0. The Bertz CT molecular complexity index is 585. The van der Waals surface area contributed by atoms with Crippen LogP contribution in [0.3, 0.4) is 0 Å². The molecule has 1 fully saturated rings. The Morgan fingerprint density at radius 1 is 1.20 bits per heavy atom. The molecule has 2 atom stereocenters. The van der Waals surface area contributed by atoms with Gasteiger partial charge >= 0.3 is 0 Å². The van der Waals surface area contributed by atoms with Crippen molar-refractivity contribution in [3.05, 3.63) is 23.8 Å². The first-order chi connectivity index (χ1) is 11.9. The Hall–Kier alpha value is -1.73. The number of nitriles is 1. The van der Waals surface area contributed by atoms with Crippen LogP contribution >= 0.6 is 0 Å². The molecule has 1 aromatic rings. The zero-order chi connectivity index (χ0) is 18.4. The number of aliphatic hydroxyl groups is 1. The van der Waals surface area contributed by atoms with E-state index >= 15 is 0 Å². The van der Waals surface area contributed by atoms with Crippen molar-refractivity contribution in [3.8, 4) is 6.07 Å². The second-order valence-corrected chi connectivity index (χ2v) is 8.08. The molecule has 0 bridgehead atoms. The van der Waals surface area contributed by atoms with Crippen LogP contribution in [0.4, 0.5) is 11.4 Å². The van der Waals surface area contributed by atoms with Gasteiger partial charge < -0.3 is 15.3 Å². The maximum Gasteiger partial charge on any atom is 0.101 e. The molecular formula is C21H33N3O. The molecule has 2 N–H and O–H groups in total. The van der Waals surface area contributed by atoms with Gasteiger partial charge in [-0.1, -0.05) is 20.8 Å². The van der Waals surface area contributed by atoms with Crippen molar-refractivity contribution in [2.45, 2.75) is 65.5 Å². The van der Waals surface area contributed by atoms with Gasteiger partial charge in [-0.2, -0.15) is 5.26 Å². The third-order valence-corrected chi connectivity index (χ3v) is 4.96. The summed E-state index contributed by atoms with van der Waals surface area (Å²) in [6, 6.07) is 8.81. The maximum absolute atomic E-state index is 9.67. The average Bonchev–Trinajstić information content (AvgIpc) is 2.54. The van der Waals surface area contributed by atoms with Crippen LogP contribution < -0.4 is 10.2 Å². The highest BCUT2D eigenvalue weighted by Gasteiger charge is 2.20. The highest BCUT2D eigenvalue weighted by atomic mass is 16.3. The minimum atomic E-state index is -0.198. The molecule has 1 aliphatic heterocycles. The van der Waals surface area contributed by atoms with Gasteiger partial charge in [-0.3, -0.25) is 0 Å². The number of nitrogens with one attached hydrogen (secondary N) is 1. The van der Waals surface area contributed by atoms with Gasteiger partial charge in [0.1, 0.15) is 6.07 Å². The highest BCUT2D eigenvalue weighted by Crippen LogP contribution is 2.27. The van der Waals surface area contributed by atoms with Crippen LogP contribution in [0.5, 0.6) is 0 Å². The highest BCUT2D eigenvalue weighted by molar-refractivity contribution is 5.65. The van der Waals surface area contributed by atoms with E-state index in [1.165, 1.54) is 6.42 Å². The minimum absolute atomic E-state index is 0.198. The molecule has 2 rings (SSSR count). The van der Waals surface area contributed by atoms with E-state index in [1.54, 1.807) is 0 Å². The number of anilines is 2. The SMILES string of the molecule is CC(C)CC(C)CC(C)Nc1ccc(N2CCC(O)CC2)c(C#N)c1. The molecule has 4 nitrogen and oxygen atoms in total. The molecule has 1 saturated heterocycles. The van der Waals surface area contributed by atoms with Crippen molar-refractivity contribution in [2.24, 2.45) is 11.8 Å². The normalized spacial score (nSPS) is 18.0. The lowest BCUT2D eigenvalue weighted by Gasteiger charge is -2.32. The minimum Gasteiger partial charge on any atom is -0.393 e.